The molecule has 2 rings (SSSR count). The maximum absolute atomic E-state index is 5.06. The molecular weight excluding hydrogens is 469 g/mol. The number of benzene rings is 1. The number of nitrogens with zero attached hydrogens (tertiary/aromatic N) is 1. The van der Waals surface area contributed by atoms with Crippen molar-refractivity contribution in [3.05, 3.63) is 34.3 Å². The number of hydrogen-bond donors (Lipinski definition) is 2. The number of hydrogen-bond acceptors (Lipinski definition) is 2. The summed E-state index contributed by atoms with van der Waals surface area (Å²) < 4.78 is 6.20. The van der Waals surface area contributed by atoms with E-state index in [1.165, 1.54) is 24.8 Å². The molecule has 130 valence electrons. The third kappa shape index (κ3) is 5.90. The van der Waals surface area contributed by atoms with E-state index in [4.69, 9.17) is 4.74 Å². The Balaban J connectivity index is 0.00000264. The van der Waals surface area contributed by atoms with E-state index in [9.17, 15) is 0 Å². The first-order chi connectivity index (χ1) is 10.7. The van der Waals surface area contributed by atoms with E-state index in [1.54, 1.807) is 7.11 Å². The molecule has 1 aliphatic carbocycles. The van der Waals surface area contributed by atoms with Gasteiger partial charge in [0.15, 0.2) is 5.96 Å². The van der Waals surface area contributed by atoms with Crippen molar-refractivity contribution in [1.82, 2.24) is 10.6 Å². The number of ether oxygens (including phenoxy) is 1. The highest BCUT2D eigenvalue weighted by atomic mass is 127. The Kier molecular flexibility index (Phi) is 9.46. The molecule has 0 radical (unpaired) electrons. The van der Waals surface area contributed by atoms with Crippen LogP contribution >= 0.6 is 39.9 Å². The fourth-order valence-corrected chi connectivity index (χ4v) is 3.14. The Labute approximate surface area is 165 Å². The summed E-state index contributed by atoms with van der Waals surface area (Å²) in [7, 11) is 3.55. The number of methoxy groups -OCH3 is 1. The Morgan fingerprint density at radius 1 is 1.26 bits per heavy atom. The molecule has 1 aromatic carbocycles. The maximum atomic E-state index is 5.06. The summed E-state index contributed by atoms with van der Waals surface area (Å²) in [5, 5.41) is 6.83. The van der Waals surface area contributed by atoms with Crippen LogP contribution in [0.2, 0.25) is 0 Å². The lowest BCUT2D eigenvalue weighted by atomic mass is 9.64. The second-order valence-corrected chi connectivity index (χ2v) is 6.76. The van der Waals surface area contributed by atoms with Gasteiger partial charge >= 0.3 is 0 Å². The minimum Gasteiger partial charge on any atom is -0.385 e. The predicted octanol–water partition coefficient (Wildman–Crippen LogP) is 3.69. The molecule has 1 aliphatic rings. The molecule has 0 bridgehead atoms. The monoisotopic (exact) mass is 495 g/mol. The zero-order valence-corrected chi connectivity index (χ0v) is 17.8. The van der Waals surface area contributed by atoms with E-state index in [2.05, 4.69) is 55.8 Å². The van der Waals surface area contributed by atoms with Gasteiger partial charge in [0.1, 0.15) is 0 Å². The lowest BCUT2D eigenvalue weighted by Gasteiger charge is -2.43. The summed E-state index contributed by atoms with van der Waals surface area (Å²) in [6.07, 6.45) is 4.76. The number of aliphatic imine (C=N–C) groups is 1. The van der Waals surface area contributed by atoms with E-state index in [0.29, 0.717) is 0 Å². The molecule has 1 saturated carbocycles. The number of guanidine groups is 1. The fourth-order valence-electron chi connectivity index (χ4n) is 2.87. The molecule has 1 fully saturated rings. The van der Waals surface area contributed by atoms with Crippen molar-refractivity contribution in [3.63, 3.8) is 0 Å². The van der Waals surface area contributed by atoms with Gasteiger partial charge in [0.25, 0.3) is 0 Å². The van der Waals surface area contributed by atoms with Crippen LogP contribution in [0.15, 0.2) is 33.7 Å². The molecule has 6 heteroatoms. The Morgan fingerprint density at radius 3 is 2.48 bits per heavy atom. The maximum Gasteiger partial charge on any atom is 0.191 e. The van der Waals surface area contributed by atoms with Crippen LogP contribution < -0.4 is 10.6 Å². The van der Waals surface area contributed by atoms with E-state index in [-0.39, 0.29) is 29.4 Å². The van der Waals surface area contributed by atoms with Crippen LogP contribution in [0.3, 0.4) is 0 Å². The van der Waals surface area contributed by atoms with E-state index in [0.717, 1.165) is 36.5 Å². The standard InChI is InChI=1S/C17H26BrN3O.HI/c1-19-16(20-11-4-12-22-2)21-13-17(9-3-10-17)14-5-7-15(18)8-6-14;/h5-8H,3-4,9-13H2,1-2H3,(H2,19,20,21);1H. The molecule has 0 saturated heterocycles. The number of halogens is 2. The Morgan fingerprint density at radius 2 is 1.96 bits per heavy atom. The number of rotatable bonds is 7. The molecule has 0 aromatic heterocycles. The van der Waals surface area contributed by atoms with Crippen molar-refractivity contribution in [3.8, 4) is 0 Å². The Bertz CT molecular complexity index is 489. The number of nitrogens with one attached hydrogen (secondary N) is 2. The van der Waals surface area contributed by atoms with Crippen molar-refractivity contribution < 1.29 is 4.74 Å². The molecule has 0 aliphatic heterocycles. The zero-order valence-electron chi connectivity index (χ0n) is 13.9. The highest BCUT2D eigenvalue weighted by Gasteiger charge is 2.38. The van der Waals surface area contributed by atoms with Crippen LogP contribution in [0.5, 0.6) is 0 Å². The first kappa shape index (κ1) is 20.7. The normalized spacial score (nSPS) is 16.2. The molecule has 2 N–H and O–H groups in total. The van der Waals surface area contributed by atoms with Crippen molar-refractivity contribution >= 4 is 45.9 Å². The average molecular weight is 496 g/mol. The summed E-state index contributed by atoms with van der Waals surface area (Å²) in [4.78, 5) is 4.30. The van der Waals surface area contributed by atoms with Gasteiger partial charge in [-0.05, 0) is 37.0 Å². The second kappa shape index (κ2) is 10.5. The molecule has 1 aromatic rings. The van der Waals surface area contributed by atoms with Crippen LogP contribution in [0.25, 0.3) is 0 Å². The minimum absolute atomic E-state index is 0. The molecule has 0 amide bonds. The lowest BCUT2D eigenvalue weighted by molar-refractivity contribution is 0.195. The quantitative estimate of drug-likeness (QED) is 0.262. The van der Waals surface area contributed by atoms with Crippen LogP contribution in [-0.2, 0) is 10.2 Å². The molecule has 0 unspecified atom stereocenters. The van der Waals surface area contributed by atoms with Gasteiger partial charge in [-0.1, -0.05) is 34.5 Å². The third-order valence-electron chi connectivity index (χ3n) is 4.40. The van der Waals surface area contributed by atoms with Crippen molar-refractivity contribution in [1.29, 1.82) is 0 Å². The zero-order chi connectivity index (χ0) is 15.8. The van der Waals surface area contributed by atoms with Crippen LogP contribution in [0, 0.1) is 0 Å². The average Bonchev–Trinajstić information content (AvgIpc) is 2.49. The van der Waals surface area contributed by atoms with Crippen molar-refractivity contribution in [2.24, 2.45) is 4.99 Å². The molecule has 0 spiro atoms. The Hall–Kier alpha value is -0.340. The predicted molar refractivity (Wildman–Crippen MR) is 111 cm³/mol. The summed E-state index contributed by atoms with van der Waals surface area (Å²) in [5.41, 5.74) is 1.68. The van der Waals surface area contributed by atoms with Gasteiger partial charge in [0, 0.05) is 43.7 Å². The minimum atomic E-state index is 0. The third-order valence-corrected chi connectivity index (χ3v) is 4.93. The first-order valence-electron chi connectivity index (χ1n) is 7.90. The van der Waals surface area contributed by atoms with Gasteiger partial charge < -0.3 is 15.4 Å². The lowest BCUT2D eigenvalue weighted by Crippen LogP contribution is -2.49. The van der Waals surface area contributed by atoms with E-state index >= 15 is 0 Å². The van der Waals surface area contributed by atoms with Gasteiger partial charge in [-0.25, -0.2) is 0 Å². The van der Waals surface area contributed by atoms with Crippen LogP contribution in [0.1, 0.15) is 31.2 Å². The van der Waals surface area contributed by atoms with Crippen molar-refractivity contribution in [2.45, 2.75) is 31.1 Å². The summed E-state index contributed by atoms with van der Waals surface area (Å²) in [6.45, 7) is 2.57. The highest BCUT2D eigenvalue weighted by molar-refractivity contribution is 14.0. The molecule has 0 atom stereocenters. The van der Waals surface area contributed by atoms with Crippen LogP contribution in [0.4, 0.5) is 0 Å². The van der Waals surface area contributed by atoms with Gasteiger partial charge in [-0.3, -0.25) is 4.99 Å². The highest BCUT2D eigenvalue weighted by Crippen LogP contribution is 2.43. The van der Waals surface area contributed by atoms with Gasteiger partial charge in [0.2, 0.25) is 0 Å². The van der Waals surface area contributed by atoms with E-state index < -0.39 is 0 Å². The largest absolute Gasteiger partial charge is 0.385 e. The summed E-state index contributed by atoms with van der Waals surface area (Å²) in [6, 6.07) is 8.74. The summed E-state index contributed by atoms with van der Waals surface area (Å²) in [5.74, 6) is 0.875. The smallest absolute Gasteiger partial charge is 0.191 e. The van der Waals surface area contributed by atoms with Gasteiger partial charge in [-0.2, -0.15) is 0 Å². The molecule has 0 heterocycles. The second-order valence-electron chi connectivity index (χ2n) is 5.84. The van der Waals surface area contributed by atoms with E-state index in [1.807, 2.05) is 7.05 Å². The van der Waals surface area contributed by atoms with Crippen LogP contribution in [-0.4, -0.2) is 39.8 Å². The molecular formula is C17H27BrIN3O. The van der Waals surface area contributed by atoms with Crippen molar-refractivity contribution in [2.75, 3.05) is 33.9 Å². The topological polar surface area (TPSA) is 45.7 Å². The SMILES string of the molecule is CN=C(NCCCOC)NCC1(c2ccc(Br)cc2)CCC1.I. The fraction of sp³-hybridized carbons (Fsp3) is 0.588. The molecule has 4 nitrogen and oxygen atoms in total. The van der Waals surface area contributed by atoms with Gasteiger partial charge in [0.05, 0.1) is 0 Å². The summed E-state index contributed by atoms with van der Waals surface area (Å²) >= 11 is 3.51. The first-order valence-corrected chi connectivity index (χ1v) is 8.69. The molecule has 23 heavy (non-hydrogen) atoms. The van der Waals surface area contributed by atoms with Gasteiger partial charge in [-0.15, -0.1) is 24.0 Å².